The van der Waals surface area contributed by atoms with Crippen LogP contribution in [-0.4, -0.2) is 11.5 Å². The van der Waals surface area contributed by atoms with Crippen molar-refractivity contribution in [2.75, 3.05) is 6.54 Å². The summed E-state index contributed by atoms with van der Waals surface area (Å²) >= 11 is 0.869. The quantitative estimate of drug-likeness (QED) is 0.846. The normalized spacial score (nSPS) is 11.9. The zero-order valence-electron chi connectivity index (χ0n) is 11.5. The lowest BCUT2D eigenvalue weighted by Gasteiger charge is -2.05. The molecule has 0 radical (unpaired) electrons. The number of halogens is 4. The Morgan fingerprint density at radius 2 is 2.00 bits per heavy atom. The van der Waals surface area contributed by atoms with Crippen LogP contribution in [0.15, 0.2) is 18.2 Å². The fourth-order valence-corrected chi connectivity index (χ4v) is 2.92. The molecule has 0 saturated heterocycles. The predicted octanol–water partition coefficient (Wildman–Crippen LogP) is 4.39. The summed E-state index contributed by atoms with van der Waals surface area (Å²) in [5.74, 6) is -0.571. The highest BCUT2D eigenvalue weighted by atomic mass is 32.1. The van der Waals surface area contributed by atoms with Crippen molar-refractivity contribution in [1.82, 2.24) is 10.3 Å². The van der Waals surface area contributed by atoms with E-state index in [9.17, 15) is 17.6 Å². The van der Waals surface area contributed by atoms with Gasteiger partial charge in [-0.15, -0.1) is 11.3 Å². The monoisotopic (exact) mass is 318 g/mol. The first-order valence-electron chi connectivity index (χ1n) is 6.37. The lowest BCUT2D eigenvalue weighted by molar-refractivity contribution is -0.141. The molecule has 1 aromatic heterocycles. The molecule has 0 unspecified atom stereocenters. The molecule has 1 heterocycles. The molecule has 21 heavy (non-hydrogen) atoms. The van der Waals surface area contributed by atoms with Crippen molar-refractivity contribution in [3.8, 4) is 10.6 Å². The molecule has 0 amide bonds. The van der Waals surface area contributed by atoms with Crippen molar-refractivity contribution in [2.24, 2.45) is 0 Å². The second kappa shape index (κ2) is 6.11. The van der Waals surface area contributed by atoms with Gasteiger partial charge in [0.2, 0.25) is 0 Å². The average molecular weight is 318 g/mol. The molecule has 2 nitrogen and oxygen atoms in total. The van der Waals surface area contributed by atoms with Gasteiger partial charge in [0.25, 0.3) is 0 Å². The molecular weight excluding hydrogens is 304 g/mol. The molecule has 0 fully saturated rings. The van der Waals surface area contributed by atoms with Crippen molar-refractivity contribution in [3.05, 3.63) is 40.2 Å². The Labute approximate surface area is 123 Å². The van der Waals surface area contributed by atoms with Gasteiger partial charge in [-0.2, -0.15) is 13.2 Å². The molecule has 0 aliphatic rings. The molecule has 2 aromatic rings. The van der Waals surface area contributed by atoms with Crippen LogP contribution in [0.2, 0.25) is 0 Å². The van der Waals surface area contributed by atoms with Gasteiger partial charge in [-0.25, -0.2) is 9.37 Å². The number of rotatable bonds is 4. The fraction of sp³-hybridized carbons (Fsp3) is 0.357. The van der Waals surface area contributed by atoms with E-state index >= 15 is 0 Å². The highest BCUT2D eigenvalue weighted by molar-refractivity contribution is 7.15. The predicted molar refractivity (Wildman–Crippen MR) is 74.6 cm³/mol. The highest BCUT2D eigenvalue weighted by Crippen LogP contribution is 2.38. The third kappa shape index (κ3) is 3.59. The number of hydrogen-bond acceptors (Lipinski definition) is 3. The number of nitrogens with one attached hydrogen (secondary N) is 1. The number of thiazole rings is 1. The third-order valence-electron chi connectivity index (χ3n) is 2.85. The number of alkyl halides is 3. The molecule has 0 aliphatic heterocycles. The zero-order chi connectivity index (χ0) is 15.6. The van der Waals surface area contributed by atoms with Crippen molar-refractivity contribution in [2.45, 2.75) is 26.6 Å². The Morgan fingerprint density at radius 3 is 2.62 bits per heavy atom. The smallest absolute Gasteiger partial charge is 0.312 e. The van der Waals surface area contributed by atoms with E-state index < -0.39 is 17.7 Å². The van der Waals surface area contributed by atoms with Crippen LogP contribution in [0.4, 0.5) is 17.6 Å². The molecule has 0 saturated carbocycles. The maximum Gasteiger partial charge on any atom is 0.434 e. The van der Waals surface area contributed by atoms with Crippen LogP contribution in [0.5, 0.6) is 0 Å². The van der Waals surface area contributed by atoms with E-state index in [1.54, 1.807) is 19.9 Å². The van der Waals surface area contributed by atoms with E-state index in [0.717, 1.165) is 16.9 Å². The maximum atomic E-state index is 13.8. The van der Waals surface area contributed by atoms with E-state index in [4.69, 9.17) is 0 Å². The van der Waals surface area contributed by atoms with Gasteiger partial charge < -0.3 is 5.32 Å². The molecule has 0 bridgehead atoms. The first-order valence-corrected chi connectivity index (χ1v) is 7.18. The number of nitrogens with zero attached hydrogens (tertiary/aromatic N) is 1. The summed E-state index contributed by atoms with van der Waals surface area (Å²) in [6, 6.07) is 4.31. The van der Waals surface area contributed by atoms with E-state index in [1.165, 1.54) is 12.1 Å². The number of aromatic nitrogens is 1. The Kier molecular flexibility index (Phi) is 4.63. The van der Waals surface area contributed by atoms with Crippen LogP contribution < -0.4 is 5.32 Å². The summed E-state index contributed by atoms with van der Waals surface area (Å²) in [7, 11) is 0. The molecule has 114 valence electrons. The fourth-order valence-electron chi connectivity index (χ4n) is 1.85. The van der Waals surface area contributed by atoms with Crippen LogP contribution >= 0.6 is 11.3 Å². The van der Waals surface area contributed by atoms with Crippen LogP contribution in [0.3, 0.4) is 0 Å². The Bertz CT molecular complexity index is 634. The SMILES string of the molecule is CCNCc1sc(-c2cc(C)ccc2F)nc1C(F)(F)F. The number of hydrogen-bond donors (Lipinski definition) is 1. The third-order valence-corrected chi connectivity index (χ3v) is 3.94. The maximum absolute atomic E-state index is 13.8. The molecule has 7 heteroatoms. The van der Waals surface area contributed by atoms with Crippen molar-refractivity contribution in [3.63, 3.8) is 0 Å². The summed E-state index contributed by atoms with van der Waals surface area (Å²) in [5.41, 5.74) is -0.0685. The van der Waals surface area contributed by atoms with Crippen LogP contribution in [-0.2, 0) is 12.7 Å². The minimum Gasteiger partial charge on any atom is -0.312 e. The molecule has 0 atom stereocenters. The Balaban J connectivity index is 2.50. The van der Waals surface area contributed by atoms with Gasteiger partial charge in [-0.1, -0.05) is 18.6 Å². The van der Waals surface area contributed by atoms with Crippen LogP contribution in [0.25, 0.3) is 10.6 Å². The Morgan fingerprint density at radius 1 is 1.29 bits per heavy atom. The summed E-state index contributed by atoms with van der Waals surface area (Å²) in [6.45, 7) is 4.16. The molecule has 1 N–H and O–H groups in total. The minimum atomic E-state index is -4.54. The average Bonchev–Trinajstić information content (AvgIpc) is 2.83. The van der Waals surface area contributed by atoms with Crippen LogP contribution in [0.1, 0.15) is 23.1 Å². The van der Waals surface area contributed by atoms with Gasteiger partial charge in [0.1, 0.15) is 10.8 Å². The summed E-state index contributed by atoms with van der Waals surface area (Å²) in [6.07, 6.45) is -4.54. The second-order valence-electron chi connectivity index (χ2n) is 4.55. The van der Waals surface area contributed by atoms with E-state index in [0.29, 0.717) is 6.54 Å². The topological polar surface area (TPSA) is 24.9 Å². The lowest BCUT2D eigenvalue weighted by atomic mass is 10.1. The largest absolute Gasteiger partial charge is 0.434 e. The Hall–Kier alpha value is -1.47. The van der Waals surface area contributed by atoms with Gasteiger partial charge in [-0.3, -0.25) is 0 Å². The summed E-state index contributed by atoms with van der Waals surface area (Å²) in [5, 5.41) is 2.90. The second-order valence-corrected chi connectivity index (χ2v) is 5.64. The standard InChI is InChI=1S/C14H14F4N2S/c1-3-19-7-11-12(14(16,17)18)20-13(21-11)9-6-8(2)4-5-10(9)15/h4-6,19H,3,7H2,1-2H3. The summed E-state index contributed by atoms with van der Waals surface area (Å²) < 4.78 is 52.8. The number of aryl methyl sites for hydroxylation is 1. The van der Waals surface area contributed by atoms with Gasteiger partial charge in [0, 0.05) is 12.1 Å². The van der Waals surface area contributed by atoms with Gasteiger partial charge >= 0.3 is 6.18 Å². The van der Waals surface area contributed by atoms with Crippen molar-refractivity contribution >= 4 is 11.3 Å². The molecular formula is C14H14F4N2S. The van der Waals surface area contributed by atoms with Gasteiger partial charge in [0.15, 0.2) is 5.69 Å². The molecule has 2 rings (SSSR count). The molecule has 0 aliphatic carbocycles. The van der Waals surface area contributed by atoms with E-state index in [-0.39, 0.29) is 22.0 Å². The number of benzene rings is 1. The van der Waals surface area contributed by atoms with E-state index in [1.807, 2.05) is 0 Å². The summed E-state index contributed by atoms with van der Waals surface area (Å²) in [4.78, 5) is 3.69. The van der Waals surface area contributed by atoms with Crippen molar-refractivity contribution < 1.29 is 17.6 Å². The first-order chi connectivity index (χ1) is 9.82. The van der Waals surface area contributed by atoms with Gasteiger partial charge in [-0.05, 0) is 25.6 Å². The highest BCUT2D eigenvalue weighted by Gasteiger charge is 2.37. The van der Waals surface area contributed by atoms with Gasteiger partial charge in [0.05, 0.1) is 4.88 Å². The lowest BCUT2D eigenvalue weighted by Crippen LogP contribution is -2.15. The van der Waals surface area contributed by atoms with E-state index in [2.05, 4.69) is 10.3 Å². The molecule has 1 aromatic carbocycles. The first kappa shape index (κ1) is 15.9. The molecule has 0 spiro atoms. The minimum absolute atomic E-state index is 0.0522. The zero-order valence-corrected chi connectivity index (χ0v) is 12.3. The van der Waals surface area contributed by atoms with Crippen LogP contribution in [0, 0.1) is 12.7 Å². The van der Waals surface area contributed by atoms with Crippen molar-refractivity contribution in [1.29, 1.82) is 0 Å².